The quantitative estimate of drug-likeness (QED) is 0.866. The van der Waals surface area contributed by atoms with Gasteiger partial charge in [-0.2, -0.15) is 0 Å². The van der Waals surface area contributed by atoms with E-state index >= 15 is 0 Å². The number of rotatable bonds is 3. The van der Waals surface area contributed by atoms with Gasteiger partial charge < -0.3 is 5.73 Å². The molecule has 0 saturated carbocycles. The first-order chi connectivity index (χ1) is 8.51. The Balaban J connectivity index is 2.26. The number of nitrogens with zero attached hydrogens (tertiary/aromatic N) is 1. The fourth-order valence-corrected chi connectivity index (χ4v) is 2.97. The fraction of sp³-hybridized carbons (Fsp3) is 0.364. The van der Waals surface area contributed by atoms with Crippen molar-refractivity contribution in [3.63, 3.8) is 0 Å². The van der Waals surface area contributed by atoms with Gasteiger partial charge in [-0.25, -0.2) is 8.42 Å². The monoisotopic (exact) mass is 270 g/mol. The van der Waals surface area contributed by atoms with Crippen molar-refractivity contribution in [3.05, 3.63) is 29.8 Å². The average molecular weight is 270 g/mol. The molecule has 2 rings (SSSR count). The van der Waals surface area contributed by atoms with Crippen LogP contribution in [0, 0.1) is 0 Å². The Kier molecular flexibility index (Phi) is 3.65. The van der Waals surface area contributed by atoms with Crippen molar-refractivity contribution in [2.24, 2.45) is 5.73 Å². The molecular weight excluding hydrogens is 256 g/mol. The van der Waals surface area contributed by atoms with Gasteiger partial charge in [0.1, 0.15) is 0 Å². The number of hydrogen-bond acceptors (Lipinski definition) is 4. The van der Waals surface area contributed by atoms with Crippen LogP contribution in [0.5, 0.6) is 0 Å². The van der Waals surface area contributed by atoms with Crippen LogP contribution in [-0.4, -0.2) is 31.9 Å². The van der Waals surface area contributed by atoms with Crippen LogP contribution < -0.4 is 5.73 Å². The molecule has 18 heavy (non-hydrogen) atoms. The summed E-state index contributed by atoms with van der Waals surface area (Å²) in [4.78, 5) is 16.1. The number of amides is 1. The van der Waals surface area contributed by atoms with Crippen LogP contribution in [0.1, 0.15) is 23.2 Å². The lowest BCUT2D eigenvalue weighted by Crippen LogP contribution is -2.35. The molecule has 0 radical (unpaired) electrons. The molecule has 0 spiro atoms. The van der Waals surface area contributed by atoms with Crippen molar-refractivity contribution in [3.8, 4) is 0 Å². The minimum absolute atomic E-state index is 0.0920. The summed E-state index contributed by atoms with van der Waals surface area (Å²) in [7, 11) is -3.65. The Bertz CT molecular complexity index is 533. The van der Waals surface area contributed by atoms with Crippen LogP contribution in [0.25, 0.3) is 0 Å². The first-order valence-corrected chi connectivity index (χ1v) is 7.01. The summed E-state index contributed by atoms with van der Waals surface area (Å²) in [5.74, 6) is -0.590. The SMILES string of the molecule is NC(=O)c1ccc(S(=O)(=O)N2CCCCO2)cc1. The van der Waals surface area contributed by atoms with Crippen LogP contribution in [0.15, 0.2) is 29.2 Å². The number of benzene rings is 1. The molecule has 0 bridgehead atoms. The summed E-state index contributed by atoms with van der Waals surface area (Å²) in [6.45, 7) is 0.749. The summed E-state index contributed by atoms with van der Waals surface area (Å²) < 4.78 is 25.3. The van der Waals surface area contributed by atoms with E-state index in [1.807, 2.05) is 0 Å². The van der Waals surface area contributed by atoms with E-state index in [4.69, 9.17) is 10.6 Å². The Morgan fingerprint density at radius 1 is 1.22 bits per heavy atom. The zero-order valence-electron chi connectivity index (χ0n) is 9.70. The van der Waals surface area contributed by atoms with Crippen LogP contribution >= 0.6 is 0 Å². The minimum Gasteiger partial charge on any atom is -0.366 e. The van der Waals surface area contributed by atoms with Crippen molar-refractivity contribution in [1.82, 2.24) is 4.47 Å². The predicted molar refractivity (Wildman–Crippen MR) is 64.0 cm³/mol. The number of carbonyl (C=O) groups is 1. The van der Waals surface area contributed by atoms with Crippen LogP contribution in [0.2, 0.25) is 0 Å². The third-order valence-electron chi connectivity index (χ3n) is 2.68. The van der Waals surface area contributed by atoms with Crippen LogP contribution in [0.4, 0.5) is 0 Å². The van der Waals surface area contributed by atoms with E-state index in [9.17, 15) is 13.2 Å². The van der Waals surface area contributed by atoms with Gasteiger partial charge in [-0.15, -0.1) is 0 Å². The van der Waals surface area contributed by atoms with Gasteiger partial charge in [0.05, 0.1) is 11.5 Å². The molecule has 1 saturated heterocycles. The number of hydrogen-bond donors (Lipinski definition) is 1. The molecule has 1 aliphatic heterocycles. The van der Waals surface area contributed by atoms with E-state index in [1.165, 1.54) is 24.3 Å². The summed E-state index contributed by atoms with van der Waals surface area (Å²) in [5, 5.41) is 0. The molecule has 1 amide bonds. The highest BCUT2D eigenvalue weighted by Gasteiger charge is 2.27. The van der Waals surface area contributed by atoms with Gasteiger partial charge in [0.2, 0.25) is 5.91 Å². The van der Waals surface area contributed by atoms with Crippen LogP contribution in [0.3, 0.4) is 0 Å². The van der Waals surface area contributed by atoms with Gasteiger partial charge in [0.25, 0.3) is 10.0 Å². The Morgan fingerprint density at radius 3 is 2.39 bits per heavy atom. The Labute approximate surface area is 105 Å². The van der Waals surface area contributed by atoms with Crippen molar-refractivity contribution in [2.75, 3.05) is 13.2 Å². The van der Waals surface area contributed by atoms with Crippen molar-refractivity contribution in [1.29, 1.82) is 0 Å². The smallest absolute Gasteiger partial charge is 0.265 e. The van der Waals surface area contributed by atoms with E-state index in [0.29, 0.717) is 13.2 Å². The standard InChI is InChI=1S/C11H14N2O4S/c12-11(14)9-3-5-10(6-4-9)18(15,16)13-7-1-2-8-17-13/h3-6H,1-2,7-8H2,(H2,12,14). The molecule has 98 valence electrons. The minimum atomic E-state index is -3.65. The summed E-state index contributed by atoms with van der Waals surface area (Å²) in [6, 6.07) is 5.49. The van der Waals surface area contributed by atoms with E-state index in [0.717, 1.165) is 17.3 Å². The molecule has 6 nitrogen and oxygen atoms in total. The molecule has 1 aromatic carbocycles. The largest absolute Gasteiger partial charge is 0.366 e. The lowest BCUT2D eigenvalue weighted by molar-refractivity contribution is -0.108. The molecule has 2 N–H and O–H groups in total. The molecule has 7 heteroatoms. The van der Waals surface area contributed by atoms with E-state index in [2.05, 4.69) is 0 Å². The zero-order chi connectivity index (χ0) is 13.2. The summed E-state index contributed by atoms with van der Waals surface area (Å²) in [5.41, 5.74) is 5.36. The van der Waals surface area contributed by atoms with E-state index in [1.54, 1.807) is 0 Å². The third-order valence-corrected chi connectivity index (χ3v) is 4.37. The second-order valence-electron chi connectivity index (χ2n) is 3.96. The summed E-state index contributed by atoms with van der Waals surface area (Å²) >= 11 is 0. The number of nitrogens with two attached hydrogens (primary N) is 1. The molecule has 1 heterocycles. The van der Waals surface area contributed by atoms with Gasteiger partial charge in [0, 0.05) is 12.1 Å². The first kappa shape index (κ1) is 13.0. The van der Waals surface area contributed by atoms with Crippen molar-refractivity contribution < 1.29 is 18.0 Å². The third kappa shape index (κ3) is 2.53. The lowest BCUT2D eigenvalue weighted by Gasteiger charge is -2.25. The topological polar surface area (TPSA) is 89.7 Å². The molecule has 1 fully saturated rings. The number of sulfonamides is 1. The zero-order valence-corrected chi connectivity index (χ0v) is 10.5. The second-order valence-corrected chi connectivity index (χ2v) is 5.79. The highest BCUT2D eigenvalue weighted by molar-refractivity contribution is 7.89. The maximum Gasteiger partial charge on any atom is 0.265 e. The lowest BCUT2D eigenvalue weighted by atomic mass is 10.2. The molecule has 0 aliphatic carbocycles. The van der Waals surface area contributed by atoms with Crippen LogP contribution in [-0.2, 0) is 14.9 Å². The predicted octanol–water partition coefficient (Wildman–Crippen LogP) is 0.502. The summed E-state index contributed by atoms with van der Waals surface area (Å²) in [6.07, 6.45) is 1.63. The highest BCUT2D eigenvalue weighted by Crippen LogP contribution is 2.19. The van der Waals surface area contributed by atoms with E-state index < -0.39 is 15.9 Å². The second kappa shape index (κ2) is 5.05. The first-order valence-electron chi connectivity index (χ1n) is 5.57. The molecule has 1 aromatic rings. The maximum atomic E-state index is 12.2. The van der Waals surface area contributed by atoms with Gasteiger partial charge in [-0.1, -0.05) is 4.47 Å². The fourth-order valence-electron chi connectivity index (χ4n) is 1.67. The molecular formula is C11H14N2O4S. The van der Waals surface area contributed by atoms with Gasteiger partial charge in [0.15, 0.2) is 0 Å². The maximum absolute atomic E-state index is 12.2. The highest BCUT2D eigenvalue weighted by atomic mass is 32.2. The number of carbonyl (C=O) groups excluding carboxylic acids is 1. The van der Waals surface area contributed by atoms with Crippen molar-refractivity contribution >= 4 is 15.9 Å². The Morgan fingerprint density at radius 2 is 1.89 bits per heavy atom. The molecule has 0 unspecified atom stereocenters. The molecule has 0 aromatic heterocycles. The normalized spacial score (nSPS) is 17.6. The van der Waals surface area contributed by atoms with Crippen molar-refractivity contribution in [2.45, 2.75) is 17.7 Å². The molecule has 1 aliphatic rings. The average Bonchev–Trinajstić information content (AvgIpc) is 2.40. The van der Waals surface area contributed by atoms with Gasteiger partial charge >= 0.3 is 0 Å². The number of hydroxylamine groups is 1. The van der Waals surface area contributed by atoms with Gasteiger partial charge in [-0.05, 0) is 37.1 Å². The number of primary amides is 1. The van der Waals surface area contributed by atoms with Gasteiger partial charge in [-0.3, -0.25) is 9.63 Å². The van der Waals surface area contributed by atoms with E-state index in [-0.39, 0.29) is 10.5 Å². The Hall–Kier alpha value is -1.44. The molecule has 0 atom stereocenters.